The molecular formula is C83H140O17P2. The van der Waals surface area contributed by atoms with Crippen molar-refractivity contribution in [2.45, 2.75) is 329 Å². The molecule has 17 nitrogen and oxygen atoms in total. The molecule has 0 heterocycles. The Morgan fingerprint density at radius 2 is 0.510 bits per heavy atom. The van der Waals surface area contributed by atoms with Crippen molar-refractivity contribution in [3.05, 3.63) is 134 Å². The van der Waals surface area contributed by atoms with Crippen LogP contribution in [0.25, 0.3) is 0 Å². The second kappa shape index (κ2) is 74.5. The minimum atomic E-state index is -4.99. The molecule has 584 valence electrons. The number of aliphatic hydroxyl groups is 1. The van der Waals surface area contributed by atoms with Crippen LogP contribution in [-0.4, -0.2) is 96.7 Å². The number of rotatable bonds is 73. The highest BCUT2D eigenvalue weighted by Gasteiger charge is 2.30. The van der Waals surface area contributed by atoms with Gasteiger partial charge in [0, 0.05) is 25.7 Å². The van der Waals surface area contributed by atoms with Crippen LogP contribution in [0.5, 0.6) is 0 Å². The van der Waals surface area contributed by atoms with E-state index in [1.165, 1.54) is 38.5 Å². The topological polar surface area (TPSA) is 237 Å². The van der Waals surface area contributed by atoms with Gasteiger partial charge in [-0.1, -0.05) is 283 Å². The number of hydrogen-bond acceptors (Lipinski definition) is 15. The molecule has 0 amide bonds. The van der Waals surface area contributed by atoms with Crippen LogP contribution in [0, 0.1) is 0 Å². The first-order chi connectivity index (χ1) is 49.7. The van der Waals surface area contributed by atoms with Gasteiger partial charge in [0.1, 0.15) is 19.3 Å². The third-order valence-corrected chi connectivity index (χ3v) is 18.0. The smallest absolute Gasteiger partial charge is 0.462 e. The second-order valence-corrected chi connectivity index (χ2v) is 28.8. The SMILES string of the molecule is CC/C=C\C/C=C\C/C=C\C/C=C\CCCCCCCCC(=O)OCC(COP(=O)(O)OCC(O)COP(=O)(O)OCC(COC(=O)CCCCCC/C=C\C/C=C\C/C=C\C/C=C\CC)OC(=O)CCCCCCC/C=C\C/C=C\C/C=C\CC)OC(=O)CCCCCCCCCCCCC. The summed E-state index contributed by atoms with van der Waals surface area (Å²) in [5, 5.41) is 10.6. The van der Waals surface area contributed by atoms with E-state index in [4.69, 9.17) is 37.0 Å². The fourth-order valence-electron chi connectivity index (χ4n) is 10.2. The first-order valence-corrected chi connectivity index (χ1v) is 42.4. The maximum atomic E-state index is 13.1. The van der Waals surface area contributed by atoms with E-state index in [1.807, 2.05) is 0 Å². The highest BCUT2D eigenvalue weighted by Crippen LogP contribution is 2.45. The molecule has 0 saturated heterocycles. The number of unbranched alkanes of at least 4 members (excludes halogenated alkanes) is 25. The van der Waals surface area contributed by atoms with E-state index in [1.54, 1.807) is 0 Å². The van der Waals surface area contributed by atoms with Gasteiger partial charge >= 0.3 is 39.5 Å². The van der Waals surface area contributed by atoms with Crippen LogP contribution in [0.3, 0.4) is 0 Å². The van der Waals surface area contributed by atoms with Crippen LogP contribution >= 0.6 is 15.6 Å². The van der Waals surface area contributed by atoms with Gasteiger partial charge in [-0.25, -0.2) is 9.13 Å². The van der Waals surface area contributed by atoms with Crippen molar-refractivity contribution in [3.63, 3.8) is 0 Å². The summed E-state index contributed by atoms with van der Waals surface area (Å²) in [7, 11) is -9.97. The largest absolute Gasteiger partial charge is 0.472 e. The van der Waals surface area contributed by atoms with Crippen molar-refractivity contribution < 1.29 is 80.2 Å². The van der Waals surface area contributed by atoms with Gasteiger partial charge < -0.3 is 33.8 Å². The Hall–Kier alpha value is -4.80. The average molecular weight is 1470 g/mol. The highest BCUT2D eigenvalue weighted by atomic mass is 31.2. The Bertz CT molecular complexity index is 2460. The lowest BCUT2D eigenvalue weighted by Crippen LogP contribution is -2.30. The van der Waals surface area contributed by atoms with E-state index in [0.717, 1.165) is 193 Å². The van der Waals surface area contributed by atoms with Crippen LogP contribution < -0.4 is 0 Å². The van der Waals surface area contributed by atoms with Gasteiger partial charge in [0.2, 0.25) is 0 Å². The summed E-state index contributed by atoms with van der Waals surface area (Å²) in [6.45, 7) is 4.48. The third kappa shape index (κ3) is 73.5. The van der Waals surface area contributed by atoms with Crippen LogP contribution in [0.2, 0.25) is 0 Å². The van der Waals surface area contributed by atoms with Gasteiger partial charge in [0.25, 0.3) is 0 Å². The predicted octanol–water partition coefficient (Wildman–Crippen LogP) is 22.9. The van der Waals surface area contributed by atoms with Crippen LogP contribution in [0.15, 0.2) is 134 Å². The van der Waals surface area contributed by atoms with Crippen molar-refractivity contribution in [2.75, 3.05) is 39.6 Å². The zero-order chi connectivity index (χ0) is 74.6. The average Bonchev–Trinajstić information content (AvgIpc) is 0.926. The molecule has 0 radical (unpaired) electrons. The molecule has 5 unspecified atom stereocenters. The normalized spacial score (nSPS) is 14.6. The van der Waals surface area contributed by atoms with E-state index in [9.17, 15) is 43.2 Å². The van der Waals surface area contributed by atoms with Crippen molar-refractivity contribution in [1.82, 2.24) is 0 Å². The molecule has 0 aromatic heterocycles. The summed E-state index contributed by atoms with van der Waals surface area (Å²) in [5.74, 6) is -2.23. The van der Waals surface area contributed by atoms with Gasteiger partial charge in [-0.05, 0) is 135 Å². The molecule has 0 saturated carbocycles. The van der Waals surface area contributed by atoms with E-state index in [2.05, 4.69) is 161 Å². The minimum absolute atomic E-state index is 0.0670. The van der Waals surface area contributed by atoms with Gasteiger partial charge in [-0.2, -0.15) is 0 Å². The van der Waals surface area contributed by atoms with Crippen LogP contribution in [0.4, 0.5) is 0 Å². The van der Waals surface area contributed by atoms with Crippen molar-refractivity contribution in [3.8, 4) is 0 Å². The first-order valence-electron chi connectivity index (χ1n) is 39.4. The fourth-order valence-corrected chi connectivity index (χ4v) is 11.8. The molecule has 0 aliphatic rings. The van der Waals surface area contributed by atoms with E-state index in [-0.39, 0.29) is 25.7 Å². The van der Waals surface area contributed by atoms with Gasteiger partial charge in [0.15, 0.2) is 12.2 Å². The maximum absolute atomic E-state index is 13.1. The number of esters is 4. The number of allylic oxidation sites excluding steroid dienone is 22. The second-order valence-electron chi connectivity index (χ2n) is 25.9. The van der Waals surface area contributed by atoms with Gasteiger partial charge in [0.05, 0.1) is 26.4 Å². The molecule has 0 spiro atoms. The van der Waals surface area contributed by atoms with Gasteiger partial charge in [-0.15, -0.1) is 0 Å². The number of carbonyl (C=O) groups excluding carboxylic acids is 4. The Kier molecular flexibility index (Phi) is 71.0. The monoisotopic (exact) mass is 1470 g/mol. The molecule has 0 fully saturated rings. The van der Waals surface area contributed by atoms with Crippen molar-refractivity contribution in [1.29, 1.82) is 0 Å². The molecule has 102 heavy (non-hydrogen) atoms. The molecule has 5 atom stereocenters. The van der Waals surface area contributed by atoms with E-state index in [0.29, 0.717) is 25.7 Å². The molecular weight excluding hydrogens is 1330 g/mol. The van der Waals surface area contributed by atoms with E-state index < -0.39 is 97.5 Å². The Morgan fingerprint density at radius 1 is 0.284 bits per heavy atom. The van der Waals surface area contributed by atoms with Crippen LogP contribution in [-0.2, 0) is 65.4 Å². The van der Waals surface area contributed by atoms with Gasteiger partial charge in [-0.3, -0.25) is 37.3 Å². The maximum Gasteiger partial charge on any atom is 0.472 e. The summed E-state index contributed by atoms with van der Waals surface area (Å²) < 4.78 is 68.5. The number of phosphoric acid groups is 2. The molecule has 19 heteroatoms. The summed E-state index contributed by atoms with van der Waals surface area (Å²) in [5.41, 5.74) is 0. The molecule has 0 bridgehead atoms. The Labute approximate surface area is 618 Å². The summed E-state index contributed by atoms with van der Waals surface area (Å²) in [6.07, 6.45) is 82.9. The molecule has 0 rings (SSSR count). The predicted molar refractivity (Wildman–Crippen MR) is 418 cm³/mol. The molecule has 0 aliphatic heterocycles. The number of phosphoric ester groups is 2. The van der Waals surface area contributed by atoms with Crippen LogP contribution in [0.1, 0.15) is 310 Å². The zero-order valence-corrected chi connectivity index (χ0v) is 65.5. The number of aliphatic hydroxyl groups excluding tert-OH is 1. The summed E-state index contributed by atoms with van der Waals surface area (Å²) >= 11 is 0. The lowest BCUT2D eigenvalue weighted by Gasteiger charge is -2.21. The van der Waals surface area contributed by atoms with Crippen molar-refractivity contribution >= 4 is 39.5 Å². The number of carbonyl (C=O) groups is 4. The molecule has 0 aromatic carbocycles. The van der Waals surface area contributed by atoms with Crippen molar-refractivity contribution in [2.24, 2.45) is 0 Å². The van der Waals surface area contributed by atoms with E-state index >= 15 is 0 Å². The molecule has 0 aliphatic carbocycles. The number of hydrogen-bond donors (Lipinski definition) is 3. The highest BCUT2D eigenvalue weighted by molar-refractivity contribution is 7.47. The summed E-state index contributed by atoms with van der Waals surface area (Å²) in [6, 6.07) is 0. The fraction of sp³-hybridized carbons (Fsp3) is 0.687. The lowest BCUT2D eigenvalue weighted by atomic mass is 10.1. The minimum Gasteiger partial charge on any atom is -0.462 e. The summed E-state index contributed by atoms with van der Waals surface area (Å²) in [4.78, 5) is 72.9. The Balaban J connectivity index is 5.36. The first kappa shape index (κ1) is 97.2. The quantitative estimate of drug-likeness (QED) is 0.0169. The Morgan fingerprint density at radius 3 is 0.784 bits per heavy atom. The molecule has 3 N–H and O–H groups in total. The third-order valence-electron chi connectivity index (χ3n) is 16.1. The number of ether oxygens (including phenoxy) is 4. The zero-order valence-electron chi connectivity index (χ0n) is 63.7. The lowest BCUT2D eigenvalue weighted by molar-refractivity contribution is -0.161. The standard InChI is InChI=1S/C83H140O17P2/c1-5-9-13-17-21-25-29-32-35-37-38-40-43-45-49-52-56-60-64-68-80(85)93-73-78(99-82(87)69-65-61-57-53-47-28-24-20-16-12-8-4)75-97-101(89,90)95-71-77(84)72-96-102(91,92)98-76-79(100-83(88)70-66-62-58-54-50-46-41-34-31-27-23-19-15-11-7-3)74-94-81(86)67-63-59-55-51-48-44-42-39-36-33-30-26-22-18-14-10-6-2/h9-11,13-15,21-23,25-27,32-36,38,40-42,44,77-79,84H,5-8,12,16-20,24,28-31,37,39,43,45-76H2,1-4H3,(H,89,90)(H,91,92)/b13-9-,14-10-,15-11-,25-21-,26-22-,27-23-,35-32-,36-33-,40-38-,41-34-,44-42-. The molecule has 0 aromatic rings.